The van der Waals surface area contributed by atoms with Gasteiger partial charge in [0.1, 0.15) is 5.69 Å². The van der Waals surface area contributed by atoms with Crippen LogP contribution in [0.2, 0.25) is 10.0 Å². The Kier molecular flexibility index (Phi) is 3.09. The number of nitrogens with one attached hydrogen (secondary N) is 1. The normalized spacial score (nSPS) is 10.5. The van der Waals surface area contributed by atoms with E-state index in [9.17, 15) is 9.59 Å². The largest absolute Gasteiger partial charge is 0.491 e. The summed E-state index contributed by atoms with van der Waals surface area (Å²) < 4.78 is 4.79. The Labute approximate surface area is 106 Å². The molecule has 0 bridgehead atoms. The van der Waals surface area contributed by atoms with Crippen LogP contribution in [0.25, 0.3) is 0 Å². The molecule has 0 aromatic heterocycles. The molecule has 0 aliphatic heterocycles. The number of halogens is 2. The highest BCUT2D eigenvalue weighted by atomic mass is 35.5. The molecular formula is C11H7Cl2NO3. The lowest BCUT2D eigenvalue weighted by atomic mass is 10.2. The number of anilines is 2. The number of hydrogen-bond acceptors (Lipinski definition) is 4. The van der Waals surface area contributed by atoms with Crippen LogP contribution in [-0.4, -0.2) is 7.11 Å². The van der Waals surface area contributed by atoms with Crippen LogP contribution in [0.3, 0.4) is 0 Å². The molecular weight excluding hydrogens is 265 g/mol. The van der Waals surface area contributed by atoms with Crippen molar-refractivity contribution in [1.82, 2.24) is 0 Å². The predicted octanol–water partition coefficient (Wildman–Crippen LogP) is 2.34. The van der Waals surface area contributed by atoms with Crippen molar-refractivity contribution in [3.8, 4) is 5.75 Å². The number of ether oxygens (including phenoxy) is 1. The molecule has 0 saturated heterocycles. The number of rotatable bonds is 3. The molecule has 88 valence electrons. The molecule has 6 heteroatoms. The highest BCUT2D eigenvalue weighted by Crippen LogP contribution is 2.27. The van der Waals surface area contributed by atoms with Crippen LogP contribution in [0.5, 0.6) is 5.75 Å². The number of benzene rings is 1. The van der Waals surface area contributed by atoms with Gasteiger partial charge in [0.2, 0.25) is 0 Å². The van der Waals surface area contributed by atoms with Crippen molar-refractivity contribution < 1.29 is 4.74 Å². The second-order valence-electron chi connectivity index (χ2n) is 3.35. The molecule has 4 nitrogen and oxygen atoms in total. The van der Waals surface area contributed by atoms with Gasteiger partial charge in [-0.1, -0.05) is 23.2 Å². The molecule has 0 heterocycles. The summed E-state index contributed by atoms with van der Waals surface area (Å²) in [6.07, 6.45) is 0. The third-order valence-corrected chi connectivity index (χ3v) is 2.64. The van der Waals surface area contributed by atoms with Crippen molar-refractivity contribution in [2.45, 2.75) is 0 Å². The fourth-order valence-electron chi connectivity index (χ4n) is 1.45. The minimum atomic E-state index is -0.636. The van der Waals surface area contributed by atoms with Gasteiger partial charge in [-0.25, -0.2) is 0 Å². The van der Waals surface area contributed by atoms with E-state index in [1.165, 1.54) is 7.11 Å². The number of hydrogen-bond donors (Lipinski definition) is 1. The highest BCUT2D eigenvalue weighted by molar-refractivity contribution is 6.35. The molecule has 0 spiro atoms. The minimum absolute atomic E-state index is 0.0195. The van der Waals surface area contributed by atoms with Crippen LogP contribution in [-0.2, 0) is 0 Å². The molecule has 17 heavy (non-hydrogen) atoms. The lowest BCUT2D eigenvalue weighted by Gasteiger charge is -2.12. The molecule has 2 aromatic carbocycles. The van der Waals surface area contributed by atoms with Gasteiger partial charge in [0.15, 0.2) is 5.75 Å². The van der Waals surface area contributed by atoms with Crippen molar-refractivity contribution in [2.75, 3.05) is 12.4 Å². The van der Waals surface area contributed by atoms with Gasteiger partial charge in [-0.05, 0) is 18.2 Å². The van der Waals surface area contributed by atoms with Crippen LogP contribution < -0.4 is 20.9 Å². The molecule has 0 fully saturated rings. The Bertz CT molecular complexity index is 624. The fraction of sp³-hybridized carbons (Fsp3) is 0.0909. The maximum absolute atomic E-state index is 11.3. The van der Waals surface area contributed by atoms with Gasteiger partial charge in [-0.2, -0.15) is 0 Å². The monoisotopic (exact) mass is 271 g/mol. The smallest absolute Gasteiger partial charge is 0.272 e. The summed E-state index contributed by atoms with van der Waals surface area (Å²) in [4.78, 5) is 22.4. The summed E-state index contributed by atoms with van der Waals surface area (Å²) in [5.74, 6) is 0.0195. The third kappa shape index (κ3) is 2.14. The maximum atomic E-state index is 11.3. The van der Waals surface area contributed by atoms with E-state index in [-0.39, 0.29) is 11.4 Å². The Morgan fingerprint density at radius 3 is 2.18 bits per heavy atom. The summed E-state index contributed by atoms with van der Waals surface area (Å²) in [5.41, 5.74) is -0.607. The molecule has 0 unspecified atom stereocenters. The molecule has 0 radical (unpaired) electrons. The zero-order valence-electron chi connectivity index (χ0n) is 8.71. The summed E-state index contributed by atoms with van der Waals surface area (Å²) in [5, 5.41) is 3.61. The van der Waals surface area contributed by atoms with Gasteiger partial charge in [0.05, 0.1) is 7.11 Å². The Morgan fingerprint density at radius 1 is 1.06 bits per heavy atom. The first kappa shape index (κ1) is 12.0. The van der Waals surface area contributed by atoms with Gasteiger partial charge in [0, 0.05) is 15.7 Å². The van der Waals surface area contributed by atoms with E-state index >= 15 is 0 Å². The summed E-state index contributed by atoms with van der Waals surface area (Å²) in [6, 6.07) is 4.74. The van der Waals surface area contributed by atoms with Crippen molar-refractivity contribution in [2.24, 2.45) is 0 Å². The summed E-state index contributed by atoms with van der Waals surface area (Å²) in [7, 11) is 1.33. The quantitative estimate of drug-likeness (QED) is 0.871. The fourth-order valence-corrected chi connectivity index (χ4v) is 1.98. The lowest BCUT2D eigenvalue weighted by molar-refractivity contribution is 0.408. The van der Waals surface area contributed by atoms with Crippen LogP contribution >= 0.6 is 23.2 Å². The van der Waals surface area contributed by atoms with E-state index < -0.39 is 10.9 Å². The second-order valence-corrected chi connectivity index (χ2v) is 4.22. The van der Waals surface area contributed by atoms with Crippen molar-refractivity contribution in [3.05, 3.63) is 48.7 Å². The standard InChI is InChI=1S/C11H7Cl2NO3/c1-17-11-8(9(15)10(11)16)14-7-3-5(12)2-6(13)4-7/h2-4,14H,1H3. The summed E-state index contributed by atoms with van der Waals surface area (Å²) >= 11 is 11.6. The highest BCUT2D eigenvalue weighted by Gasteiger charge is 2.21. The molecule has 1 N–H and O–H groups in total. The van der Waals surface area contributed by atoms with Gasteiger partial charge in [-0.15, -0.1) is 0 Å². The van der Waals surface area contributed by atoms with Crippen LogP contribution in [0.4, 0.5) is 11.4 Å². The van der Waals surface area contributed by atoms with Gasteiger partial charge in [-0.3, -0.25) is 9.59 Å². The molecule has 0 aliphatic rings. The third-order valence-electron chi connectivity index (χ3n) is 2.20. The van der Waals surface area contributed by atoms with E-state index in [0.717, 1.165) is 0 Å². The molecule has 0 aliphatic carbocycles. The second kappa shape index (κ2) is 4.39. The predicted molar refractivity (Wildman–Crippen MR) is 67.7 cm³/mol. The van der Waals surface area contributed by atoms with Crippen LogP contribution in [0.15, 0.2) is 27.8 Å². The topological polar surface area (TPSA) is 55.4 Å². The SMILES string of the molecule is COc1c(Nc2cc(Cl)cc(Cl)c2)c(=O)c1=O. The zero-order chi connectivity index (χ0) is 12.6. The van der Waals surface area contributed by atoms with E-state index in [1.54, 1.807) is 18.2 Å². The Hall–Kier alpha value is -1.52. The maximum Gasteiger partial charge on any atom is 0.272 e. The van der Waals surface area contributed by atoms with Gasteiger partial charge >= 0.3 is 0 Å². The Balaban J connectivity index is 2.36. The van der Waals surface area contributed by atoms with E-state index in [0.29, 0.717) is 15.7 Å². The van der Waals surface area contributed by atoms with E-state index in [2.05, 4.69) is 5.32 Å². The molecule has 2 rings (SSSR count). The minimum Gasteiger partial charge on any atom is -0.491 e. The molecule has 2 aromatic rings. The first-order chi connectivity index (χ1) is 8.02. The lowest BCUT2D eigenvalue weighted by Crippen LogP contribution is -2.34. The average Bonchev–Trinajstić information content (AvgIpc) is 2.27. The molecule has 0 atom stereocenters. The van der Waals surface area contributed by atoms with Crippen molar-refractivity contribution in [3.63, 3.8) is 0 Å². The molecule has 0 amide bonds. The van der Waals surface area contributed by atoms with Gasteiger partial charge in [0.25, 0.3) is 10.9 Å². The van der Waals surface area contributed by atoms with Gasteiger partial charge < -0.3 is 10.1 Å². The van der Waals surface area contributed by atoms with E-state index in [4.69, 9.17) is 27.9 Å². The van der Waals surface area contributed by atoms with E-state index in [1.807, 2.05) is 0 Å². The first-order valence-corrected chi connectivity index (χ1v) is 5.39. The molecule has 0 saturated carbocycles. The van der Waals surface area contributed by atoms with Crippen molar-refractivity contribution >= 4 is 34.6 Å². The zero-order valence-corrected chi connectivity index (χ0v) is 10.2. The van der Waals surface area contributed by atoms with Crippen molar-refractivity contribution in [1.29, 1.82) is 0 Å². The van der Waals surface area contributed by atoms with Crippen LogP contribution in [0, 0.1) is 0 Å². The summed E-state index contributed by atoms with van der Waals surface area (Å²) in [6.45, 7) is 0. The van der Waals surface area contributed by atoms with Crippen LogP contribution in [0.1, 0.15) is 0 Å². The number of methoxy groups -OCH3 is 1. The first-order valence-electron chi connectivity index (χ1n) is 4.63. The average molecular weight is 272 g/mol. The Morgan fingerprint density at radius 2 is 1.65 bits per heavy atom.